The highest BCUT2D eigenvalue weighted by Crippen LogP contribution is 2.32. The molecule has 1 amide bonds. The van der Waals surface area contributed by atoms with Crippen molar-refractivity contribution in [1.29, 1.82) is 5.26 Å². The van der Waals surface area contributed by atoms with E-state index in [4.69, 9.17) is 10.5 Å². The molecule has 1 aromatic heterocycles. The summed E-state index contributed by atoms with van der Waals surface area (Å²) in [4.78, 5) is 16.0. The molecule has 10 heteroatoms. The van der Waals surface area contributed by atoms with Gasteiger partial charge in [0.1, 0.15) is 17.6 Å². The van der Waals surface area contributed by atoms with Gasteiger partial charge in [-0.1, -0.05) is 36.4 Å². The van der Waals surface area contributed by atoms with Crippen LogP contribution in [-0.2, 0) is 16.6 Å². The summed E-state index contributed by atoms with van der Waals surface area (Å²) in [6.07, 6.45) is 1.60. The fourth-order valence-electron chi connectivity index (χ4n) is 2.96. The minimum atomic E-state index is -3.47. The zero-order valence-electron chi connectivity index (χ0n) is 17.1. The number of nitrogens with one attached hydrogen (secondary N) is 2. The second kappa shape index (κ2) is 9.80. The standard InChI is InChI=1S/C22H21N5O4S/c1-32(29,30)27-20-12-15(10-11-25-20)14-26-21-17(22(24)28)8-5-9-18(21)31-19(13-23)16-6-3-2-4-7-16/h2-12,19,26H,14H2,1H3,(H2,24,28)(H,25,27). The molecule has 0 aliphatic carbocycles. The fourth-order valence-corrected chi connectivity index (χ4v) is 3.45. The molecule has 4 N–H and O–H groups in total. The molecule has 1 unspecified atom stereocenters. The Hall–Kier alpha value is -4.10. The molecule has 0 aliphatic heterocycles. The van der Waals surface area contributed by atoms with Gasteiger partial charge < -0.3 is 15.8 Å². The van der Waals surface area contributed by atoms with E-state index in [0.717, 1.165) is 6.26 Å². The first-order chi connectivity index (χ1) is 15.3. The van der Waals surface area contributed by atoms with Gasteiger partial charge in [-0.2, -0.15) is 5.26 Å². The molecule has 164 valence electrons. The quantitative estimate of drug-likeness (QED) is 0.453. The van der Waals surface area contributed by atoms with Gasteiger partial charge in [0.25, 0.3) is 5.91 Å². The lowest BCUT2D eigenvalue weighted by molar-refractivity contribution is 0.100. The number of nitriles is 1. The molecule has 0 radical (unpaired) electrons. The molecule has 9 nitrogen and oxygen atoms in total. The zero-order chi connectivity index (χ0) is 23.1. The molecule has 0 spiro atoms. The number of para-hydroxylation sites is 1. The number of primary amides is 1. The zero-order valence-corrected chi connectivity index (χ0v) is 18.0. The summed E-state index contributed by atoms with van der Waals surface area (Å²) in [6, 6.07) is 19.1. The van der Waals surface area contributed by atoms with Crippen LogP contribution in [0.1, 0.15) is 27.6 Å². The van der Waals surface area contributed by atoms with Crippen molar-refractivity contribution in [1.82, 2.24) is 4.98 Å². The number of pyridine rings is 1. The average Bonchev–Trinajstić information content (AvgIpc) is 2.75. The molecule has 1 heterocycles. The summed E-state index contributed by atoms with van der Waals surface area (Å²) in [6.45, 7) is 0.212. The maximum absolute atomic E-state index is 12.0. The minimum absolute atomic E-state index is 0.167. The Labute approximate surface area is 185 Å². The molecule has 3 rings (SSSR count). The van der Waals surface area contributed by atoms with E-state index in [1.54, 1.807) is 54.6 Å². The number of amides is 1. The monoisotopic (exact) mass is 451 g/mol. The number of aromatic nitrogens is 1. The first-order valence-electron chi connectivity index (χ1n) is 9.47. The van der Waals surface area contributed by atoms with Crippen LogP contribution < -0.4 is 20.5 Å². The summed E-state index contributed by atoms with van der Waals surface area (Å²) in [5.74, 6) is -0.222. The molecule has 2 aromatic carbocycles. The first-order valence-corrected chi connectivity index (χ1v) is 11.4. The number of ether oxygens (including phenoxy) is 1. The highest BCUT2D eigenvalue weighted by molar-refractivity contribution is 7.92. The highest BCUT2D eigenvalue weighted by atomic mass is 32.2. The van der Waals surface area contributed by atoms with Gasteiger partial charge in [0, 0.05) is 18.3 Å². The van der Waals surface area contributed by atoms with Crippen molar-refractivity contribution in [3.05, 3.63) is 83.6 Å². The van der Waals surface area contributed by atoms with Crippen LogP contribution in [0, 0.1) is 11.3 Å². The van der Waals surface area contributed by atoms with E-state index < -0.39 is 22.0 Å². The van der Waals surface area contributed by atoms with Gasteiger partial charge in [-0.05, 0) is 29.8 Å². The summed E-state index contributed by atoms with van der Waals surface area (Å²) in [5.41, 5.74) is 7.40. The van der Waals surface area contributed by atoms with Crippen LogP contribution >= 0.6 is 0 Å². The van der Waals surface area contributed by atoms with Crippen molar-refractivity contribution >= 4 is 27.4 Å². The molecule has 32 heavy (non-hydrogen) atoms. The third-order valence-electron chi connectivity index (χ3n) is 4.34. The number of carbonyl (C=O) groups excluding carboxylic acids is 1. The number of rotatable bonds is 9. The summed E-state index contributed by atoms with van der Waals surface area (Å²) in [7, 11) is -3.47. The van der Waals surface area contributed by atoms with Crippen molar-refractivity contribution < 1.29 is 17.9 Å². The topological polar surface area (TPSA) is 147 Å². The number of carbonyl (C=O) groups is 1. The van der Waals surface area contributed by atoms with E-state index in [-0.39, 0.29) is 23.7 Å². The molecule has 1 atom stereocenters. The molecule has 0 aliphatic rings. The number of sulfonamides is 1. The van der Waals surface area contributed by atoms with Crippen molar-refractivity contribution in [2.45, 2.75) is 12.6 Å². The van der Waals surface area contributed by atoms with E-state index in [0.29, 0.717) is 16.8 Å². The Kier molecular flexibility index (Phi) is 6.92. The van der Waals surface area contributed by atoms with Gasteiger partial charge in [-0.15, -0.1) is 0 Å². The van der Waals surface area contributed by atoms with Gasteiger partial charge in [0.15, 0.2) is 0 Å². The Morgan fingerprint density at radius 2 is 1.94 bits per heavy atom. The molecule has 3 aromatic rings. The molecule has 0 saturated carbocycles. The number of benzene rings is 2. The molecule has 0 bridgehead atoms. The Morgan fingerprint density at radius 3 is 2.59 bits per heavy atom. The lowest BCUT2D eigenvalue weighted by Gasteiger charge is -2.19. The van der Waals surface area contributed by atoms with Crippen LogP contribution in [0.2, 0.25) is 0 Å². The van der Waals surface area contributed by atoms with Gasteiger partial charge in [-0.25, -0.2) is 13.4 Å². The van der Waals surface area contributed by atoms with Crippen molar-refractivity contribution in [3.8, 4) is 11.8 Å². The molecular weight excluding hydrogens is 430 g/mol. The molecular formula is C22H21N5O4S. The predicted octanol–water partition coefficient (Wildman–Crippen LogP) is 2.81. The van der Waals surface area contributed by atoms with Crippen molar-refractivity contribution in [2.75, 3.05) is 16.3 Å². The SMILES string of the molecule is CS(=O)(=O)Nc1cc(CNc2c(OC(C#N)c3ccccc3)cccc2C(N)=O)ccn1. The minimum Gasteiger partial charge on any atom is -0.469 e. The Bertz CT molecular complexity index is 1260. The van der Waals surface area contributed by atoms with Crippen LogP contribution in [0.3, 0.4) is 0 Å². The maximum atomic E-state index is 12.0. The second-order valence-corrected chi connectivity index (χ2v) is 8.61. The van der Waals surface area contributed by atoms with Crippen LogP contribution in [0.15, 0.2) is 66.9 Å². The molecule has 0 saturated heterocycles. The predicted molar refractivity (Wildman–Crippen MR) is 120 cm³/mol. The normalized spacial score (nSPS) is 11.8. The van der Waals surface area contributed by atoms with E-state index >= 15 is 0 Å². The Balaban J connectivity index is 1.88. The Morgan fingerprint density at radius 1 is 1.19 bits per heavy atom. The lowest BCUT2D eigenvalue weighted by atomic mass is 10.1. The van der Waals surface area contributed by atoms with Crippen LogP contribution in [0.5, 0.6) is 5.75 Å². The van der Waals surface area contributed by atoms with Crippen LogP contribution in [0.25, 0.3) is 0 Å². The fraction of sp³-hybridized carbons (Fsp3) is 0.136. The third-order valence-corrected chi connectivity index (χ3v) is 4.92. The average molecular weight is 452 g/mol. The first kappa shape index (κ1) is 22.6. The number of hydrogen-bond donors (Lipinski definition) is 3. The van der Waals surface area contributed by atoms with E-state index in [1.807, 2.05) is 6.07 Å². The summed E-state index contributed by atoms with van der Waals surface area (Å²) in [5, 5.41) is 12.7. The van der Waals surface area contributed by atoms with Crippen LogP contribution in [0.4, 0.5) is 11.5 Å². The van der Waals surface area contributed by atoms with Gasteiger partial charge >= 0.3 is 0 Å². The van der Waals surface area contributed by atoms with E-state index in [2.05, 4.69) is 21.1 Å². The number of nitrogens with zero attached hydrogens (tertiary/aromatic N) is 2. The largest absolute Gasteiger partial charge is 0.469 e. The van der Waals surface area contributed by atoms with E-state index in [9.17, 15) is 18.5 Å². The summed E-state index contributed by atoms with van der Waals surface area (Å²) < 4.78 is 31.1. The van der Waals surface area contributed by atoms with Crippen molar-refractivity contribution in [3.63, 3.8) is 0 Å². The second-order valence-electron chi connectivity index (χ2n) is 6.86. The smallest absolute Gasteiger partial charge is 0.250 e. The number of anilines is 2. The van der Waals surface area contributed by atoms with Crippen LogP contribution in [-0.4, -0.2) is 25.6 Å². The summed E-state index contributed by atoms with van der Waals surface area (Å²) >= 11 is 0. The van der Waals surface area contributed by atoms with Crippen molar-refractivity contribution in [2.24, 2.45) is 5.73 Å². The number of hydrogen-bond acceptors (Lipinski definition) is 7. The number of nitrogens with two attached hydrogens (primary N) is 1. The maximum Gasteiger partial charge on any atom is 0.250 e. The molecule has 0 fully saturated rings. The lowest BCUT2D eigenvalue weighted by Crippen LogP contribution is -2.16. The van der Waals surface area contributed by atoms with Gasteiger partial charge in [0.05, 0.1) is 17.5 Å². The van der Waals surface area contributed by atoms with Gasteiger partial charge in [-0.3, -0.25) is 9.52 Å². The van der Waals surface area contributed by atoms with E-state index in [1.165, 1.54) is 6.20 Å². The highest BCUT2D eigenvalue weighted by Gasteiger charge is 2.18. The van der Waals surface area contributed by atoms with Gasteiger partial charge in [0.2, 0.25) is 16.1 Å². The third kappa shape index (κ3) is 5.96.